The van der Waals surface area contributed by atoms with Gasteiger partial charge in [-0.3, -0.25) is 24.1 Å². The molecule has 0 radical (unpaired) electrons. The lowest BCUT2D eigenvalue weighted by molar-refractivity contribution is -0.143. The van der Waals surface area contributed by atoms with E-state index in [1.165, 1.54) is 5.56 Å². The topological polar surface area (TPSA) is 124 Å². The second kappa shape index (κ2) is 15.6. The van der Waals surface area contributed by atoms with Crippen LogP contribution in [0, 0.1) is 6.92 Å². The maximum absolute atomic E-state index is 14.2. The summed E-state index contributed by atoms with van der Waals surface area (Å²) in [5.41, 5.74) is 6.53. The summed E-state index contributed by atoms with van der Waals surface area (Å²) in [6, 6.07) is 18.8. The lowest BCUT2D eigenvalue weighted by Gasteiger charge is -2.28. The summed E-state index contributed by atoms with van der Waals surface area (Å²) in [4.78, 5) is 44.0. The van der Waals surface area contributed by atoms with E-state index in [4.69, 9.17) is 26.2 Å². The molecule has 3 aromatic heterocycles. The number of unbranched alkanes of at least 4 members (excludes halogenated alkanes) is 1. The first-order chi connectivity index (χ1) is 25.3. The van der Waals surface area contributed by atoms with Crippen LogP contribution in [0.4, 0.5) is 0 Å². The van der Waals surface area contributed by atoms with Gasteiger partial charge >= 0.3 is 5.97 Å². The Labute approximate surface area is 311 Å². The van der Waals surface area contributed by atoms with Crippen LogP contribution < -0.4 is 0 Å². The highest BCUT2D eigenvalue weighted by atomic mass is 35.5. The Morgan fingerprint density at radius 1 is 1.04 bits per heavy atom. The molecule has 266 valence electrons. The molecule has 2 aromatic carbocycles. The highest BCUT2D eigenvalue weighted by Gasteiger charge is 2.35. The lowest BCUT2D eigenvalue weighted by Crippen LogP contribution is -2.35. The number of aryl methyl sites for hydroxylation is 1. The second-order valence-corrected chi connectivity index (χ2v) is 14.1. The molecule has 2 aliphatic rings. The number of hydrogen-bond donors (Lipinski definition) is 0. The first kappa shape index (κ1) is 35.2. The molecule has 0 saturated carbocycles. The van der Waals surface area contributed by atoms with E-state index in [0.29, 0.717) is 68.3 Å². The molecule has 5 heterocycles. The smallest absolute Gasteiger partial charge is 0.305 e. The Bertz CT molecular complexity index is 2180. The van der Waals surface area contributed by atoms with Crippen LogP contribution >= 0.6 is 22.9 Å². The van der Waals surface area contributed by atoms with Gasteiger partial charge in [0.1, 0.15) is 29.2 Å². The van der Waals surface area contributed by atoms with Gasteiger partial charge in [0.15, 0.2) is 5.82 Å². The largest absolute Gasteiger partial charge is 0.466 e. The molecule has 7 rings (SSSR count). The normalized spacial score (nSPS) is 15.2. The number of carbonyl (C=O) groups excluding carboxylic acids is 2. The van der Waals surface area contributed by atoms with Crippen LogP contribution in [-0.4, -0.2) is 67.7 Å². The summed E-state index contributed by atoms with van der Waals surface area (Å²) < 4.78 is 7.11. The zero-order valence-corrected chi connectivity index (χ0v) is 30.8. The van der Waals surface area contributed by atoms with Gasteiger partial charge in [0, 0.05) is 63.1 Å². The first-order valence-corrected chi connectivity index (χ1v) is 18.6. The van der Waals surface area contributed by atoms with Gasteiger partial charge in [-0.25, -0.2) is 0 Å². The number of oxime groups is 1. The monoisotopic (exact) mass is 735 g/mol. The quantitative estimate of drug-likeness (QED) is 0.0604. The van der Waals surface area contributed by atoms with Crippen LogP contribution in [0.3, 0.4) is 0 Å². The number of fused-ring (bicyclic) bond motifs is 5. The van der Waals surface area contributed by atoms with Crippen LogP contribution in [0.5, 0.6) is 0 Å². The number of benzene rings is 2. The molecule has 1 atom stereocenters. The number of amides is 1. The van der Waals surface area contributed by atoms with Crippen molar-refractivity contribution >= 4 is 46.2 Å². The van der Waals surface area contributed by atoms with Gasteiger partial charge in [0.2, 0.25) is 0 Å². The molecule has 5 aromatic rings. The minimum atomic E-state index is -0.224. The van der Waals surface area contributed by atoms with Crippen molar-refractivity contribution in [1.29, 1.82) is 0 Å². The van der Waals surface area contributed by atoms with Crippen molar-refractivity contribution in [3.63, 3.8) is 0 Å². The van der Waals surface area contributed by atoms with E-state index in [-0.39, 0.29) is 17.9 Å². The van der Waals surface area contributed by atoms with Gasteiger partial charge in [0.05, 0.1) is 18.9 Å². The predicted octanol–water partition coefficient (Wildman–Crippen LogP) is 7.30. The van der Waals surface area contributed by atoms with Crippen molar-refractivity contribution in [2.24, 2.45) is 10.1 Å². The summed E-state index contributed by atoms with van der Waals surface area (Å²) >= 11 is 8.42. The summed E-state index contributed by atoms with van der Waals surface area (Å²) in [5.74, 6) is 1.27. The Hall–Kier alpha value is -5.20. The van der Waals surface area contributed by atoms with Crippen LogP contribution in [-0.2, 0) is 27.3 Å². The maximum atomic E-state index is 14.2. The van der Waals surface area contributed by atoms with E-state index in [0.717, 1.165) is 49.5 Å². The number of hydrogen-bond acceptors (Lipinski definition) is 10. The second-order valence-electron chi connectivity index (χ2n) is 12.6. The summed E-state index contributed by atoms with van der Waals surface area (Å²) in [6.45, 7) is 7.47. The summed E-state index contributed by atoms with van der Waals surface area (Å²) in [7, 11) is 0. The van der Waals surface area contributed by atoms with Crippen molar-refractivity contribution in [3.05, 3.63) is 128 Å². The number of nitrogens with zero attached hydrogens (tertiary/aromatic N) is 7. The maximum Gasteiger partial charge on any atom is 0.305 e. The summed E-state index contributed by atoms with van der Waals surface area (Å²) in [6.07, 6.45) is 5.69. The minimum Gasteiger partial charge on any atom is -0.466 e. The molecule has 0 bridgehead atoms. The van der Waals surface area contributed by atoms with Crippen LogP contribution in [0.1, 0.15) is 93.9 Å². The van der Waals surface area contributed by atoms with E-state index in [1.54, 1.807) is 30.7 Å². The number of thiophene rings is 1. The van der Waals surface area contributed by atoms with Crippen molar-refractivity contribution in [2.75, 3.05) is 19.8 Å². The Morgan fingerprint density at radius 2 is 1.87 bits per heavy atom. The molecular formula is C39H38ClN7O4S. The van der Waals surface area contributed by atoms with E-state index in [9.17, 15) is 9.59 Å². The zero-order valence-electron chi connectivity index (χ0n) is 29.2. The van der Waals surface area contributed by atoms with E-state index >= 15 is 0 Å². The molecule has 11 nitrogen and oxygen atoms in total. The first-order valence-electron chi connectivity index (χ1n) is 17.4. The molecule has 0 N–H and O–H groups in total. The van der Waals surface area contributed by atoms with Crippen molar-refractivity contribution in [2.45, 2.75) is 59.0 Å². The number of pyridine rings is 1. The van der Waals surface area contributed by atoms with Gasteiger partial charge in [-0.15, -0.1) is 21.5 Å². The average Bonchev–Trinajstić information content (AvgIpc) is 3.70. The Balaban J connectivity index is 1.15. The van der Waals surface area contributed by atoms with Crippen LogP contribution in [0.25, 0.3) is 5.00 Å². The van der Waals surface area contributed by atoms with Gasteiger partial charge in [-0.1, -0.05) is 47.1 Å². The van der Waals surface area contributed by atoms with Crippen molar-refractivity contribution in [1.82, 2.24) is 24.6 Å². The molecule has 13 heteroatoms. The molecule has 1 unspecified atom stereocenters. The molecule has 1 amide bonds. The zero-order chi connectivity index (χ0) is 36.2. The number of aromatic nitrogens is 4. The Morgan fingerprint density at radius 3 is 2.67 bits per heavy atom. The fraction of sp³-hybridized carbons (Fsp3) is 0.308. The molecule has 2 aliphatic heterocycles. The molecule has 52 heavy (non-hydrogen) atoms. The molecule has 0 saturated heterocycles. The highest BCUT2D eigenvalue weighted by molar-refractivity contribution is 7.15. The lowest BCUT2D eigenvalue weighted by atomic mass is 9.94. The average molecular weight is 736 g/mol. The number of esters is 1. The van der Waals surface area contributed by atoms with E-state index in [1.807, 2.05) is 79.4 Å². The molecular weight excluding hydrogens is 698 g/mol. The highest BCUT2D eigenvalue weighted by Crippen LogP contribution is 2.42. The molecule has 0 fully saturated rings. The molecule has 0 aliphatic carbocycles. The van der Waals surface area contributed by atoms with Crippen LogP contribution in [0.2, 0.25) is 5.02 Å². The standard InChI is InChI=1S/C39H38ClN7O4S/c1-4-50-33(48)16-7-8-20-51-45-35(28-13-10-18-41-22-28)26-11-9-12-27(21-26)38(49)46-19-17-30-32(23-46)52-39-34(30)36(29-14-5-6-15-31(29)40)42-24(2)37-44-43-25(3)47(37)39/h5-6,9-15,18,21-22,24H,4,7-8,16-17,19-20,23H2,1-3H3/b45-35+. The Kier molecular flexibility index (Phi) is 10.6. The SMILES string of the molecule is CCOC(=O)CCCCO/N=C(/c1cccnc1)c1cccc(C(=O)N2CCc3c(sc4c3C(c3ccccc3Cl)=NC(C)c3nnc(C)n3-4)C2)c1. The van der Waals surface area contributed by atoms with Gasteiger partial charge in [0.25, 0.3) is 5.91 Å². The number of carbonyl (C=O) groups is 2. The summed E-state index contributed by atoms with van der Waals surface area (Å²) in [5, 5.41) is 15.0. The predicted molar refractivity (Wildman–Crippen MR) is 201 cm³/mol. The van der Waals surface area contributed by atoms with Crippen molar-refractivity contribution in [3.8, 4) is 5.00 Å². The van der Waals surface area contributed by atoms with E-state index < -0.39 is 0 Å². The van der Waals surface area contributed by atoms with Gasteiger partial charge in [-0.2, -0.15) is 0 Å². The number of aliphatic imine (C=N–C) groups is 1. The number of halogens is 1. The molecule has 0 spiro atoms. The fourth-order valence-electron chi connectivity index (χ4n) is 6.57. The fourth-order valence-corrected chi connectivity index (χ4v) is 8.22. The van der Waals surface area contributed by atoms with E-state index in [2.05, 4.69) is 24.9 Å². The van der Waals surface area contributed by atoms with Gasteiger partial charge < -0.3 is 14.5 Å². The third-order valence-corrected chi connectivity index (χ3v) is 10.6. The third-order valence-electron chi connectivity index (χ3n) is 9.09. The van der Waals surface area contributed by atoms with Crippen LogP contribution in [0.15, 0.2) is 83.2 Å². The van der Waals surface area contributed by atoms with Crippen molar-refractivity contribution < 1.29 is 19.2 Å². The third kappa shape index (κ3) is 7.13. The number of ether oxygens (including phenoxy) is 1. The number of rotatable bonds is 11. The minimum absolute atomic E-state index is 0.0729. The van der Waals surface area contributed by atoms with Gasteiger partial charge in [-0.05, 0) is 75.9 Å².